The predicted molar refractivity (Wildman–Crippen MR) is 216 cm³/mol. The second-order valence-electron chi connectivity index (χ2n) is 15.6. The molecule has 1 fully saturated rings. The van der Waals surface area contributed by atoms with Gasteiger partial charge in [-0.3, -0.25) is 35.4 Å². The van der Waals surface area contributed by atoms with Crippen molar-refractivity contribution in [2.45, 2.75) is 115 Å². The summed E-state index contributed by atoms with van der Waals surface area (Å²) in [7, 11) is 1.90. The number of aromatic nitrogens is 2. The van der Waals surface area contributed by atoms with Crippen LogP contribution in [0.15, 0.2) is 54.9 Å². The first-order valence-electron chi connectivity index (χ1n) is 20.7. The first-order chi connectivity index (χ1) is 28.8. The van der Waals surface area contributed by atoms with Gasteiger partial charge in [-0.15, -0.1) is 0 Å². The molecular formula is C41H62N8O11. The molecule has 3 unspecified atom stereocenters. The van der Waals surface area contributed by atoms with Gasteiger partial charge in [-0.05, 0) is 61.8 Å². The van der Waals surface area contributed by atoms with Crippen molar-refractivity contribution in [1.82, 2.24) is 41.2 Å². The molecule has 7 N–H and O–H groups in total. The predicted octanol–water partition coefficient (Wildman–Crippen LogP) is 4.21. The van der Waals surface area contributed by atoms with Gasteiger partial charge in [0.1, 0.15) is 30.8 Å². The van der Waals surface area contributed by atoms with E-state index in [1.54, 1.807) is 29.3 Å². The smallest absolute Gasteiger partial charge is 0.329 e. The average molecular weight is 843 g/mol. The molecule has 19 heteroatoms. The lowest BCUT2D eigenvalue weighted by molar-refractivity contribution is -0.527. The SMILES string of the molecule is CC(C)CC(NC(=O)N1CCCCCC1)C(=O)NC(Cc1cn(C)c2ccccc12)C(=O)N[C@H](Cc1ccccn1)C(=O)OCCCCCCC(CON(O)O)ON(O)O. The number of nitrogens with zero attached hydrogens (tertiary/aromatic N) is 5. The number of hydrogen-bond donors (Lipinski definition) is 7. The van der Waals surface area contributed by atoms with E-state index in [0.29, 0.717) is 50.9 Å². The van der Waals surface area contributed by atoms with E-state index in [1.165, 1.54) is 0 Å². The topological polar surface area (TPSA) is 241 Å². The van der Waals surface area contributed by atoms with Crippen molar-refractivity contribution in [2.24, 2.45) is 13.0 Å². The molecule has 4 rings (SSSR count). The first-order valence-corrected chi connectivity index (χ1v) is 20.7. The zero-order chi connectivity index (χ0) is 43.4. The van der Waals surface area contributed by atoms with Crippen molar-refractivity contribution in [3.63, 3.8) is 0 Å². The molecule has 0 bridgehead atoms. The maximum Gasteiger partial charge on any atom is 0.329 e. The summed E-state index contributed by atoms with van der Waals surface area (Å²) in [5.41, 5.74) is 2.30. The highest BCUT2D eigenvalue weighted by atomic mass is 17.1. The number of fused-ring (bicyclic) bond motifs is 1. The highest BCUT2D eigenvalue weighted by molar-refractivity contribution is 5.94. The lowest BCUT2D eigenvalue weighted by atomic mass is 10.0. The number of esters is 1. The fraction of sp³-hybridized carbons (Fsp3) is 0.585. The fourth-order valence-electron chi connectivity index (χ4n) is 7.25. The molecule has 0 saturated carbocycles. The summed E-state index contributed by atoms with van der Waals surface area (Å²) >= 11 is 0. The van der Waals surface area contributed by atoms with Crippen molar-refractivity contribution in [2.75, 3.05) is 26.3 Å². The Labute approximate surface area is 350 Å². The summed E-state index contributed by atoms with van der Waals surface area (Å²) in [5.74, 6) is -1.74. The molecule has 0 aliphatic carbocycles. The molecule has 1 aliphatic heterocycles. The summed E-state index contributed by atoms with van der Waals surface area (Å²) in [6.45, 7) is 4.82. The number of likely N-dealkylation sites (tertiary alicyclic amines) is 1. The second-order valence-corrected chi connectivity index (χ2v) is 15.6. The first kappa shape index (κ1) is 47.9. The van der Waals surface area contributed by atoms with E-state index in [-0.39, 0.29) is 44.4 Å². The third-order valence-electron chi connectivity index (χ3n) is 10.3. The van der Waals surface area contributed by atoms with Gasteiger partial charge in [0, 0.05) is 62.0 Å². The number of urea groups is 1. The largest absolute Gasteiger partial charge is 0.464 e. The summed E-state index contributed by atoms with van der Waals surface area (Å²) in [4.78, 5) is 71.0. The number of unbranched alkanes of at least 4 members (excludes halogenated alkanes) is 3. The number of carbonyl (C=O) groups excluding carboxylic acids is 4. The van der Waals surface area contributed by atoms with Crippen molar-refractivity contribution in [3.8, 4) is 0 Å². The third kappa shape index (κ3) is 16.4. The van der Waals surface area contributed by atoms with Crippen molar-refractivity contribution in [1.29, 1.82) is 0 Å². The molecule has 4 atom stereocenters. The molecule has 4 amide bonds. The molecule has 0 radical (unpaired) electrons. The average Bonchev–Trinajstić information content (AvgIpc) is 3.34. The molecule has 1 aliphatic rings. The van der Waals surface area contributed by atoms with Crippen LogP contribution in [-0.4, -0.2) is 120 Å². The molecule has 3 aromatic rings. The minimum atomic E-state index is -1.15. The lowest BCUT2D eigenvalue weighted by Gasteiger charge is -2.28. The zero-order valence-electron chi connectivity index (χ0n) is 34.8. The van der Waals surface area contributed by atoms with Gasteiger partial charge < -0.3 is 30.2 Å². The van der Waals surface area contributed by atoms with E-state index >= 15 is 0 Å². The van der Waals surface area contributed by atoms with Crippen molar-refractivity contribution < 1.29 is 54.4 Å². The molecule has 2 aromatic heterocycles. The number of rotatable bonds is 24. The van der Waals surface area contributed by atoms with Crippen molar-refractivity contribution >= 4 is 34.7 Å². The van der Waals surface area contributed by atoms with Gasteiger partial charge in [-0.25, -0.2) is 19.3 Å². The molecule has 19 nitrogen and oxygen atoms in total. The number of amides is 4. The van der Waals surface area contributed by atoms with Gasteiger partial charge in [0.2, 0.25) is 11.8 Å². The number of benzene rings is 1. The summed E-state index contributed by atoms with van der Waals surface area (Å²) < 4.78 is 7.60. The highest BCUT2D eigenvalue weighted by Crippen LogP contribution is 2.22. The second kappa shape index (κ2) is 25.1. The Bertz CT molecular complexity index is 1770. The van der Waals surface area contributed by atoms with Crippen LogP contribution in [-0.2, 0) is 48.7 Å². The van der Waals surface area contributed by atoms with Gasteiger partial charge >= 0.3 is 12.0 Å². The van der Waals surface area contributed by atoms with E-state index in [4.69, 9.17) is 30.4 Å². The Morgan fingerprint density at radius 3 is 2.17 bits per heavy atom. The summed E-state index contributed by atoms with van der Waals surface area (Å²) in [5, 5.41) is 44.1. The number of ether oxygens (including phenoxy) is 1. The minimum absolute atomic E-state index is 0.0253. The van der Waals surface area contributed by atoms with Gasteiger partial charge in [0.05, 0.1) is 17.4 Å². The van der Waals surface area contributed by atoms with Crippen LogP contribution in [0.1, 0.15) is 89.3 Å². The molecule has 1 saturated heterocycles. The Morgan fingerprint density at radius 2 is 1.48 bits per heavy atom. The molecule has 60 heavy (non-hydrogen) atoms. The number of hydrogen-bond acceptors (Lipinski definition) is 14. The zero-order valence-corrected chi connectivity index (χ0v) is 34.8. The Morgan fingerprint density at radius 1 is 0.800 bits per heavy atom. The van der Waals surface area contributed by atoms with Crippen LogP contribution in [0.2, 0.25) is 0 Å². The fourth-order valence-corrected chi connectivity index (χ4v) is 7.25. The van der Waals surface area contributed by atoms with Crippen molar-refractivity contribution in [3.05, 3.63) is 66.1 Å². The van der Waals surface area contributed by atoms with E-state index in [1.807, 2.05) is 55.9 Å². The Balaban J connectivity index is 1.47. The molecule has 1 aromatic carbocycles. The van der Waals surface area contributed by atoms with Gasteiger partial charge in [-0.2, -0.15) is 0 Å². The minimum Gasteiger partial charge on any atom is -0.464 e. The van der Waals surface area contributed by atoms with Crippen LogP contribution < -0.4 is 16.0 Å². The molecular weight excluding hydrogens is 780 g/mol. The highest BCUT2D eigenvalue weighted by Gasteiger charge is 2.32. The number of carbonyl (C=O) groups is 4. The van der Waals surface area contributed by atoms with Gasteiger partial charge in [0.15, 0.2) is 0 Å². The lowest BCUT2D eigenvalue weighted by Crippen LogP contribution is -2.58. The standard InChI is InChI=1S/C41H62N8O11/c1-29(2)24-34(45-41(53)47-21-13-5-6-14-22-47)38(50)43-35(25-30-27-46(3)37-19-10-9-18-33(30)37)39(51)44-36(26-31-16-11-12-20-42-31)40(52)58-23-15-7-4-8-17-32(60-49(56)57)28-59-48(54)55/h9-12,16,18-20,27,29,32,34-36,54-57H,4-8,13-15,17,21-26,28H2,1-3H3,(H,43,50)(H,44,51)(H,45,53)/t32?,34?,35?,36-/m1/s1. The Hall–Kier alpha value is -4.73. The van der Waals surface area contributed by atoms with E-state index in [0.717, 1.165) is 42.1 Å². The monoisotopic (exact) mass is 842 g/mol. The number of pyridine rings is 1. The van der Waals surface area contributed by atoms with Crippen LogP contribution in [0.5, 0.6) is 0 Å². The van der Waals surface area contributed by atoms with Gasteiger partial charge in [0.25, 0.3) is 0 Å². The van der Waals surface area contributed by atoms with Crippen LogP contribution in [0, 0.1) is 5.92 Å². The number of para-hydroxylation sites is 1. The Kier molecular flexibility index (Phi) is 20.1. The summed E-state index contributed by atoms with van der Waals surface area (Å²) in [6.07, 6.45) is 9.51. The van der Waals surface area contributed by atoms with E-state index in [9.17, 15) is 19.2 Å². The van der Waals surface area contributed by atoms with Gasteiger partial charge in [-0.1, -0.05) is 70.2 Å². The van der Waals surface area contributed by atoms with Crippen LogP contribution >= 0.6 is 0 Å². The molecule has 0 spiro atoms. The third-order valence-corrected chi connectivity index (χ3v) is 10.3. The molecule has 3 heterocycles. The van der Waals surface area contributed by atoms with Crippen LogP contribution in [0.25, 0.3) is 10.9 Å². The van der Waals surface area contributed by atoms with E-state index in [2.05, 4.69) is 25.8 Å². The molecule has 332 valence electrons. The van der Waals surface area contributed by atoms with E-state index < -0.39 is 52.8 Å². The quantitative estimate of drug-likeness (QED) is 0.0380. The maximum atomic E-state index is 14.4. The van der Waals surface area contributed by atoms with Crippen LogP contribution in [0.3, 0.4) is 0 Å². The number of aryl methyl sites for hydroxylation is 1. The maximum absolute atomic E-state index is 14.4. The summed E-state index contributed by atoms with van der Waals surface area (Å²) in [6, 6.07) is 9.49. The normalized spacial score (nSPS) is 15.4. The van der Waals surface area contributed by atoms with Crippen LogP contribution in [0.4, 0.5) is 4.79 Å². The number of nitrogens with one attached hydrogen (secondary N) is 3.